The second-order valence-electron chi connectivity index (χ2n) is 4.39. The van der Waals surface area contributed by atoms with Crippen LogP contribution in [-0.4, -0.2) is 29.9 Å². The van der Waals surface area contributed by atoms with E-state index in [0.29, 0.717) is 6.42 Å². The van der Waals surface area contributed by atoms with Gasteiger partial charge in [0.1, 0.15) is 11.9 Å². The third-order valence-corrected chi connectivity index (χ3v) is 2.92. The molecule has 5 nitrogen and oxygen atoms in total. The molecule has 1 saturated heterocycles. The van der Waals surface area contributed by atoms with E-state index in [1.54, 1.807) is 0 Å². The Hall–Kier alpha value is -1.83. The van der Waals surface area contributed by atoms with Gasteiger partial charge in [0.15, 0.2) is 0 Å². The van der Waals surface area contributed by atoms with Crippen molar-refractivity contribution < 1.29 is 27.6 Å². The largest absolute Gasteiger partial charge is 0.478 e. The summed E-state index contributed by atoms with van der Waals surface area (Å²) < 4.78 is 48.8. The van der Waals surface area contributed by atoms with Gasteiger partial charge in [0, 0.05) is 12.7 Å². The van der Waals surface area contributed by atoms with Gasteiger partial charge >= 0.3 is 6.18 Å². The molecule has 0 bridgehead atoms. The van der Waals surface area contributed by atoms with Crippen LogP contribution in [0, 0.1) is 10.1 Å². The molecule has 0 amide bonds. The Morgan fingerprint density at radius 2 is 2.20 bits per heavy atom. The molecule has 1 aliphatic heterocycles. The summed E-state index contributed by atoms with van der Waals surface area (Å²) in [6, 6.07) is 4.67. The first-order valence-corrected chi connectivity index (χ1v) is 5.97. The molecule has 2 atom stereocenters. The summed E-state index contributed by atoms with van der Waals surface area (Å²) in [5.41, 5.74) is -0.323. The summed E-state index contributed by atoms with van der Waals surface area (Å²) in [6.45, 7) is 0.259. The lowest BCUT2D eigenvalue weighted by atomic mass is 10.1. The van der Waals surface area contributed by atoms with Gasteiger partial charge in [-0.3, -0.25) is 10.1 Å². The monoisotopic (exact) mass is 291 g/mol. The van der Waals surface area contributed by atoms with E-state index in [1.165, 1.54) is 18.2 Å². The predicted octanol–water partition coefficient (Wildman–Crippen LogP) is 3.08. The first kappa shape index (κ1) is 14.6. The number of non-ortho nitro benzene ring substituents is 1. The fourth-order valence-electron chi connectivity index (χ4n) is 2.01. The van der Waals surface area contributed by atoms with Crippen molar-refractivity contribution in [3.05, 3.63) is 34.4 Å². The molecule has 1 heterocycles. The van der Waals surface area contributed by atoms with Crippen molar-refractivity contribution in [1.82, 2.24) is 0 Å². The number of hydrogen-bond acceptors (Lipinski definition) is 4. The second-order valence-corrected chi connectivity index (χ2v) is 4.39. The number of nitro groups is 1. The zero-order chi connectivity index (χ0) is 14.8. The van der Waals surface area contributed by atoms with Crippen LogP contribution in [0.2, 0.25) is 0 Å². The fourth-order valence-corrected chi connectivity index (χ4v) is 2.01. The lowest BCUT2D eigenvalue weighted by Crippen LogP contribution is -2.44. The predicted molar refractivity (Wildman–Crippen MR) is 62.5 cm³/mol. The first-order chi connectivity index (χ1) is 9.38. The lowest BCUT2D eigenvalue weighted by molar-refractivity contribution is -0.385. The van der Waals surface area contributed by atoms with Crippen LogP contribution < -0.4 is 4.74 Å². The molecule has 20 heavy (non-hydrogen) atoms. The third-order valence-electron chi connectivity index (χ3n) is 2.92. The first-order valence-electron chi connectivity index (χ1n) is 5.97. The van der Waals surface area contributed by atoms with Crippen LogP contribution in [0.15, 0.2) is 24.3 Å². The molecule has 2 rings (SSSR count). The van der Waals surface area contributed by atoms with Crippen molar-refractivity contribution in [3.8, 4) is 5.75 Å². The highest BCUT2D eigenvalue weighted by atomic mass is 19.4. The number of benzene rings is 1. The molecule has 2 unspecified atom stereocenters. The van der Waals surface area contributed by atoms with Crippen LogP contribution in [0.4, 0.5) is 18.9 Å². The highest BCUT2D eigenvalue weighted by Crippen LogP contribution is 2.33. The molecule has 1 aliphatic rings. The molecule has 0 aliphatic carbocycles. The molecule has 0 N–H and O–H groups in total. The van der Waals surface area contributed by atoms with Crippen LogP contribution in [0.3, 0.4) is 0 Å². The van der Waals surface area contributed by atoms with E-state index in [0.717, 1.165) is 6.07 Å². The van der Waals surface area contributed by atoms with Gasteiger partial charge in [0.2, 0.25) is 6.10 Å². The highest BCUT2D eigenvalue weighted by Gasteiger charge is 2.48. The summed E-state index contributed by atoms with van der Waals surface area (Å²) in [5.74, 6) is -0.197. The Balaban J connectivity index is 2.19. The molecule has 0 saturated carbocycles. The number of ether oxygens (including phenoxy) is 2. The molecule has 1 aromatic carbocycles. The van der Waals surface area contributed by atoms with Crippen LogP contribution in [0.25, 0.3) is 0 Å². The van der Waals surface area contributed by atoms with Gasteiger partial charge in [-0.1, -0.05) is 6.07 Å². The average molecular weight is 291 g/mol. The number of halogens is 3. The Morgan fingerprint density at radius 1 is 1.45 bits per heavy atom. The highest BCUT2D eigenvalue weighted by molar-refractivity contribution is 5.38. The summed E-state index contributed by atoms with van der Waals surface area (Å²) in [6.07, 6.45) is -7.00. The Labute approximate surface area is 112 Å². The number of alkyl halides is 3. The Morgan fingerprint density at radius 3 is 2.75 bits per heavy atom. The number of nitro benzene ring substituents is 1. The maximum atomic E-state index is 13.0. The van der Waals surface area contributed by atoms with E-state index in [9.17, 15) is 23.3 Å². The lowest BCUT2D eigenvalue weighted by Gasteiger charge is -2.26. The minimum atomic E-state index is -4.60. The molecular weight excluding hydrogens is 279 g/mol. The van der Waals surface area contributed by atoms with Gasteiger partial charge < -0.3 is 9.47 Å². The molecule has 0 aromatic heterocycles. The molecule has 0 radical (unpaired) electrons. The van der Waals surface area contributed by atoms with Gasteiger partial charge in [-0.15, -0.1) is 0 Å². The zero-order valence-electron chi connectivity index (χ0n) is 10.3. The molecule has 8 heteroatoms. The molecule has 1 fully saturated rings. The smallest absolute Gasteiger partial charge is 0.428 e. The summed E-state index contributed by atoms with van der Waals surface area (Å²) in [7, 11) is 0. The van der Waals surface area contributed by atoms with E-state index in [-0.39, 0.29) is 24.5 Å². The van der Waals surface area contributed by atoms with Crippen LogP contribution in [-0.2, 0) is 4.74 Å². The normalized spacial score (nSPS) is 20.6. The van der Waals surface area contributed by atoms with Gasteiger partial charge in [-0.05, 0) is 18.9 Å². The van der Waals surface area contributed by atoms with Crippen LogP contribution in [0.5, 0.6) is 5.75 Å². The molecule has 1 aromatic rings. The van der Waals surface area contributed by atoms with Gasteiger partial charge in [0.25, 0.3) is 5.69 Å². The average Bonchev–Trinajstić information content (AvgIpc) is 2.88. The summed E-state index contributed by atoms with van der Waals surface area (Å²) in [4.78, 5) is 9.90. The minimum Gasteiger partial charge on any atom is -0.478 e. The van der Waals surface area contributed by atoms with Crippen molar-refractivity contribution in [1.29, 1.82) is 0 Å². The Bertz CT molecular complexity index is 486. The maximum Gasteiger partial charge on any atom is 0.428 e. The van der Waals surface area contributed by atoms with E-state index >= 15 is 0 Å². The maximum absolute atomic E-state index is 13.0. The number of rotatable bonds is 4. The van der Waals surface area contributed by atoms with Crippen molar-refractivity contribution >= 4 is 5.69 Å². The second kappa shape index (κ2) is 5.66. The van der Waals surface area contributed by atoms with E-state index in [2.05, 4.69) is 0 Å². The van der Waals surface area contributed by atoms with E-state index in [4.69, 9.17) is 9.47 Å². The minimum absolute atomic E-state index is 0.197. The summed E-state index contributed by atoms with van der Waals surface area (Å²) in [5, 5.41) is 10.6. The van der Waals surface area contributed by atoms with Crippen molar-refractivity contribution in [2.45, 2.75) is 31.2 Å². The van der Waals surface area contributed by atoms with Crippen molar-refractivity contribution in [3.63, 3.8) is 0 Å². The quantitative estimate of drug-likeness (QED) is 0.631. The van der Waals surface area contributed by atoms with Gasteiger partial charge in [-0.2, -0.15) is 13.2 Å². The summed E-state index contributed by atoms with van der Waals surface area (Å²) >= 11 is 0. The molecule has 110 valence electrons. The van der Waals surface area contributed by atoms with Crippen LogP contribution in [0.1, 0.15) is 12.8 Å². The Kier molecular flexibility index (Phi) is 4.12. The van der Waals surface area contributed by atoms with E-state index in [1.807, 2.05) is 0 Å². The van der Waals surface area contributed by atoms with Crippen molar-refractivity contribution in [2.24, 2.45) is 0 Å². The topological polar surface area (TPSA) is 61.6 Å². The fraction of sp³-hybridized carbons (Fsp3) is 0.500. The van der Waals surface area contributed by atoms with Crippen molar-refractivity contribution in [2.75, 3.05) is 6.61 Å². The number of nitrogens with zero attached hydrogens (tertiary/aromatic N) is 1. The molecular formula is C12H12F3NO4. The van der Waals surface area contributed by atoms with E-state index < -0.39 is 23.3 Å². The van der Waals surface area contributed by atoms with Gasteiger partial charge in [0.05, 0.1) is 11.0 Å². The standard InChI is InChI=1S/C12H12F3NO4/c13-12(14,15)11(10-5-2-6-19-10)20-9-4-1-3-8(7-9)16(17)18/h1,3-4,7,10-11H,2,5-6H2. The SMILES string of the molecule is O=[N+]([O-])c1cccc(OC(C2CCCO2)C(F)(F)F)c1. The third kappa shape index (κ3) is 3.38. The number of hydrogen-bond donors (Lipinski definition) is 0. The van der Waals surface area contributed by atoms with Gasteiger partial charge in [-0.25, -0.2) is 0 Å². The molecule has 0 spiro atoms. The zero-order valence-corrected chi connectivity index (χ0v) is 10.3. The van der Waals surface area contributed by atoms with Crippen LogP contribution >= 0.6 is 0 Å².